The van der Waals surface area contributed by atoms with Crippen molar-refractivity contribution in [3.05, 3.63) is 58.9 Å². The maximum absolute atomic E-state index is 13.2. The van der Waals surface area contributed by atoms with E-state index < -0.39 is 5.41 Å². The number of ketones is 1. The van der Waals surface area contributed by atoms with Gasteiger partial charge in [-0.25, -0.2) is 4.98 Å². The highest BCUT2D eigenvalue weighted by molar-refractivity contribution is 7.99. The van der Waals surface area contributed by atoms with E-state index in [1.165, 1.54) is 11.8 Å². The summed E-state index contributed by atoms with van der Waals surface area (Å²) in [4.78, 5) is 30.3. The van der Waals surface area contributed by atoms with E-state index in [1.807, 2.05) is 70.2 Å². The molecule has 0 saturated carbocycles. The van der Waals surface area contributed by atoms with Gasteiger partial charge in [-0.3, -0.25) is 14.2 Å². The number of carbonyl (C=O) groups excluding carboxylic acids is 1. The third kappa shape index (κ3) is 4.28. The average molecular weight is 397 g/mol. The number of ether oxygens (including phenoxy) is 1. The summed E-state index contributed by atoms with van der Waals surface area (Å²) in [6.07, 6.45) is 0. The van der Waals surface area contributed by atoms with Gasteiger partial charge in [-0.05, 0) is 43.3 Å². The lowest BCUT2D eigenvalue weighted by Crippen LogP contribution is -2.24. The molecule has 5 nitrogen and oxygen atoms in total. The molecule has 0 N–H and O–H groups in total. The SMILES string of the molecule is CCOc1ccc(-n2c(SCC(=O)C(C)(C)C)nc3ccccc3c2=O)cc1. The molecular formula is C22H24N2O3S. The van der Waals surface area contributed by atoms with Gasteiger partial charge in [-0.2, -0.15) is 0 Å². The van der Waals surface area contributed by atoms with E-state index in [9.17, 15) is 9.59 Å². The van der Waals surface area contributed by atoms with Crippen LogP contribution in [0, 0.1) is 5.41 Å². The van der Waals surface area contributed by atoms with Crippen LogP contribution in [-0.4, -0.2) is 27.7 Å². The van der Waals surface area contributed by atoms with E-state index in [4.69, 9.17) is 4.74 Å². The predicted molar refractivity (Wildman–Crippen MR) is 114 cm³/mol. The zero-order valence-corrected chi connectivity index (χ0v) is 17.4. The van der Waals surface area contributed by atoms with Crippen LogP contribution >= 0.6 is 11.8 Å². The monoisotopic (exact) mass is 396 g/mol. The molecule has 0 atom stereocenters. The van der Waals surface area contributed by atoms with Crippen molar-refractivity contribution in [1.82, 2.24) is 9.55 Å². The molecule has 0 aliphatic rings. The minimum atomic E-state index is -0.436. The highest BCUT2D eigenvalue weighted by Crippen LogP contribution is 2.25. The lowest BCUT2D eigenvalue weighted by atomic mass is 9.92. The van der Waals surface area contributed by atoms with Crippen LogP contribution in [0.2, 0.25) is 0 Å². The van der Waals surface area contributed by atoms with Crippen LogP contribution in [0.5, 0.6) is 5.75 Å². The molecule has 0 bridgehead atoms. The van der Waals surface area contributed by atoms with E-state index >= 15 is 0 Å². The number of fused-ring (bicyclic) bond motifs is 1. The average Bonchev–Trinajstić information content (AvgIpc) is 2.66. The van der Waals surface area contributed by atoms with E-state index in [0.717, 1.165) is 5.75 Å². The first-order chi connectivity index (χ1) is 13.3. The number of rotatable bonds is 6. The number of carbonyl (C=O) groups is 1. The quantitative estimate of drug-likeness (QED) is 0.454. The fraction of sp³-hybridized carbons (Fsp3) is 0.318. The summed E-state index contributed by atoms with van der Waals surface area (Å²) in [5, 5.41) is 1.05. The van der Waals surface area contributed by atoms with Crippen LogP contribution in [-0.2, 0) is 4.79 Å². The van der Waals surface area contributed by atoms with Crippen LogP contribution in [0.25, 0.3) is 16.6 Å². The van der Waals surface area contributed by atoms with Gasteiger partial charge in [0.25, 0.3) is 5.56 Å². The molecule has 0 aliphatic carbocycles. The van der Waals surface area contributed by atoms with Crippen molar-refractivity contribution in [1.29, 1.82) is 0 Å². The number of nitrogens with zero attached hydrogens (tertiary/aromatic N) is 2. The molecule has 2 aromatic carbocycles. The van der Waals surface area contributed by atoms with Crippen molar-refractivity contribution in [3.8, 4) is 11.4 Å². The second-order valence-corrected chi connectivity index (χ2v) is 8.38. The Kier molecular flexibility index (Phi) is 5.89. The molecule has 0 fully saturated rings. The minimum absolute atomic E-state index is 0.109. The maximum Gasteiger partial charge on any atom is 0.266 e. The molecule has 0 radical (unpaired) electrons. The molecular weight excluding hydrogens is 372 g/mol. The summed E-state index contributed by atoms with van der Waals surface area (Å²) in [6, 6.07) is 14.6. The van der Waals surface area contributed by atoms with Crippen molar-refractivity contribution in [3.63, 3.8) is 0 Å². The van der Waals surface area contributed by atoms with Crippen LogP contribution in [0.4, 0.5) is 0 Å². The number of hydrogen-bond donors (Lipinski definition) is 0. The molecule has 0 unspecified atom stereocenters. The molecule has 1 aromatic heterocycles. The van der Waals surface area contributed by atoms with Gasteiger partial charge in [0.2, 0.25) is 0 Å². The Labute approximate surface area is 168 Å². The summed E-state index contributed by atoms with van der Waals surface area (Å²) in [5.41, 5.74) is 0.729. The van der Waals surface area contributed by atoms with Crippen molar-refractivity contribution in [2.45, 2.75) is 32.9 Å². The number of thioether (sulfide) groups is 1. The number of aromatic nitrogens is 2. The maximum atomic E-state index is 13.2. The first kappa shape index (κ1) is 20.1. The van der Waals surface area contributed by atoms with E-state index in [1.54, 1.807) is 10.6 Å². The zero-order valence-electron chi connectivity index (χ0n) is 16.6. The van der Waals surface area contributed by atoms with Crippen LogP contribution < -0.4 is 10.3 Å². The van der Waals surface area contributed by atoms with Gasteiger partial charge >= 0.3 is 0 Å². The molecule has 0 amide bonds. The first-order valence-corrected chi connectivity index (χ1v) is 10.2. The second kappa shape index (κ2) is 8.19. The Hall–Kier alpha value is -2.60. The highest BCUT2D eigenvalue weighted by Gasteiger charge is 2.22. The number of benzene rings is 2. The van der Waals surface area contributed by atoms with E-state index in [2.05, 4.69) is 4.98 Å². The van der Waals surface area contributed by atoms with Gasteiger partial charge in [0, 0.05) is 5.41 Å². The van der Waals surface area contributed by atoms with Crippen molar-refractivity contribution < 1.29 is 9.53 Å². The molecule has 1 heterocycles. The smallest absolute Gasteiger partial charge is 0.266 e. The summed E-state index contributed by atoms with van der Waals surface area (Å²) >= 11 is 1.29. The van der Waals surface area contributed by atoms with Gasteiger partial charge in [0.1, 0.15) is 11.5 Å². The fourth-order valence-corrected chi connectivity index (χ4v) is 3.82. The highest BCUT2D eigenvalue weighted by atomic mass is 32.2. The van der Waals surface area contributed by atoms with Gasteiger partial charge in [-0.1, -0.05) is 44.7 Å². The van der Waals surface area contributed by atoms with Gasteiger partial charge in [-0.15, -0.1) is 0 Å². The van der Waals surface area contributed by atoms with Crippen LogP contribution in [0.15, 0.2) is 58.5 Å². The van der Waals surface area contributed by atoms with Gasteiger partial charge in [0.15, 0.2) is 5.16 Å². The van der Waals surface area contributed by atoms with Crippen LogP contribution in [0.3, 0.4) is 0 Å². The number of hydrogen-bond acceptors (Lipinski definition) is 5. The first-order valence-electron chi connectivity index (χ1n) is 9.22. The zero-order chi connectivity index (χ0) is 20.3. The topological polar surface area (TPSA) is 61.2 Å². The van der Waals surface area contributed by atoms with Crippen molar-refractivity contribution in [2.75, 3.05) is 12.4 Å². The van der Waals surface area contributed by atoms with E-state index in [-0.39, 0.29) is 17.1 Å². The third-order valence-corrected chi connectivity index (χ3v) is 5.26. The lowest BCUT2D eigenvalue weighted by Gasteiger charge is -2.17. The summed E-state index contributed by atoms with van der Waals surface area (Å²) < 4.78 is 7.06. The molecule has 6 heteroatoms. The molecule has 0 spiro atoms. The summed E-state index contributed by atoms with van der Waals surface area (Å²) in [6.45, 7) is 8.18. The molecule has 28 heavy (non-hydrogen) atoms. The largest absolute Gasteiger partial charge is 0.494 e. The third-order valence-electron chi connectivity index (χ3n) is 4.32. The molecule has 146 valence electrons. The summed E-state index contributed by atoms with van der Waals surface area (Å²) in [5.74, 6) is 1.11. The Bertz CT molecular complexity index is 1050. The second-order valence-electron chi connectivity index (χ2n) is 7.44. The number of Topliss-reactive ketones (excluding diaryl/α,β-unsaturated/α-hetero) is 1. The lowest BCUT2D eigenvalue weighted by molar-refractivity contribution is -0.123. The Morgan fingerprint density at radius 3 is 2.43 bits per heavy atom. The molecule has 0 saturated heterocycles. The Balaban J connectivity index is 2.09. The minimum Gasteiger partial charge on any atom is -0.494 e. The Morgan fingerprint density at radius 1 is 1.11 bits per heavy atom. The Morgan fingerprint density at radius 2 is 1.79 bits per heavy atom. The van der Waals surface area contributed by atoms with Gasteiger partial charge in [0.05, 0.1) is 29.0 Å². The number of para-hydroxylation sites is 1. The van der Waals surface area contributed by atoms with Gasteiger partial charge < -0.3 is 4.74 Å². The summed E-state index contributed by atoms with van der Waals surface area (Å²) in [7, 11) is 0. The fourth-order valence-electron chi connectivity index (χ4n) is 2.64. The van der Waals surface area contributed by atoms with Crippen molar-refractivity contribution in [2.24, 2.45) is 5.41 Å². The molecule has 3 aromatic rings. The van der Waals surface area contributed by atoms with Crippen LogP contribution in [0.1, 0.15) is 27.7 Å². The van der Waals surface area contributed by atoms with E-state index in [0.29, 0.717) is 28.4 Å². The standard InChI is InChI=1S/C22H24N2O3S/c1-5-27-16-12-10-15(11-13-16)24-20(26)17-8-6-7-9-18(17)23-21(24)28-14-19(25)22(2,3)4/h6-13H,5,14H2,1-4H3. The molecule has 3 rings (SSSR count). The molecule has 0 aliphatic heterocycles. The predicted octanol–water partition coefficient (Wildman–Crippen LogP) is 4.49. The normalized spacial score (nSPS) is 11.6. The van der Waals surface area contributed by atoms with Crippen molar-refractivity contribution >= 4 is 28.4 Å².